The third kappa shape index (κ3) is 2.59. The van der Waals surface area contributed by atoms with E-state index in [0.29, 0.717) is 30.9 Å². The summed E-state index contributed by atoms with van der Waals surface area (Å²) in [5.41, 5.74) is 0.983. The highest BCUT2D eigenvalue weighted by atomic mass is 32.2. The summed E-state index contributed by atoms with van der Waals surface area (Å²) in [5.74, 6) is -1.23. The Hall–Kier alpha value is -1.70. The van der Waals surface area contributed by atoms with Gasteiger partial charge in [-0.05, 0) is 17.2 Å². The highest BCUT2D eigenvalue weighted by Gasteiger charge is 2.32. The SMILES string of the molecule is O=C(O)c1cccc2c1S(=O)(=O)C=C2CN1CCOCC1. The molecule has 2 aliphatic rings. The number of carboxylic acids is 1. The minimum absolute atomic E-state index is 0.0826. The van der Waals surface area contributed by atoms with E-state index in [0.717, 1.165) is 13.1 Å². The van der Waals surface area contributed by atoms with Crippen LogP contribution in [0.25, 0.3) is 5.57 Å². The normalized spacial score (nSPS) is 20.9. The average Bonchev–Trinajstić information content (AvgIpc) is 2.71. The Bertz CT molecular complexity index is 717. The Morgan fingerprint density at radius 2 is 2.00 bits per heavy atom. The molecule has 1 N–H and O–H groups in total. The molecule has 1 aromatic carbocycles. The van der Waals surface area contributed by atoms with Gasteiger partial charge in [0, 0.05) is 25.0 Å². The van der Waals surface area contributed by atoms with Gasteiger partial charge in [-0.3, -0.25) is 4.90 Å². The van der Waals surface area contributed by atoms with Crippen molar-refractivity contribution in [3.8, 4) is 0 Å². The maximum atomic E-state index is 12.2. The van der Waals surface area contributed by atoms with Crippen molar-refractivity contribution in [2.45, 2.75) is 4.90 Å². The van der Waals surface area contributed by atoms with Gasteiger partial charge in [0.2, 0.25) is 9.84 Å². The number of morpholine rings is 1. The molecule has 112 valence electrons. The molecule has 0 bridgehead atoms. The van der Waals surface area contributed by atoms with Gasteiger partial charge in [-0.2, -0.15) is 0 Å². The van der Waals surface area contributed by atoms with E-state index in [4.69, 9.17) is 4.74 Å². The summed E-state index contributed by atoms with van der Waals surface area (Å²) in [4.78, 5) is 13.3. The number of carbonyl (C=O) groups is 1. The minimum atomic E-state index is -3.68. The van der Waals surface area contributed by atoms with Gasteiger partial charge in [-0.25, -0.2) is 13.2 Å². The predicted octanol–water partition coefficient (Wildman–Crippen LogP) is 0.845. The van der Waals surface area contributed by atoms with Crippen LogP contribution in [0.1, 0.15) is 15.9 Å². The van der Waals surface area contributed by atoms with E-state index in [9.17, 15) is 18.3 Å². The lowest BCUT2D eigenvalue weighted by atomic mass is 10.0. The van der Waals surface area contributed by atoms with Gasteiger partial charge in [0.1, 0.15) is 0 Å². The van der Waals surface area contributed by atoms with E-state index in [-0.39, 0.29) is 10.5 Å². The summed E-state index contributed by atoms with van der Waals surface area (Å²) < 4.78 is 29.8. The Balaban J connectivity index is 1.99. The number of hydrogen-bond donors (Lipinski definition) is 1. The van der Waals surface area contributed by atoms with Crippen LogP contribution in [0.4, 0.5) is 0 Å². The van der Waals surface area contributed by atoms with Gasteiger partial charge in [0.25, 0.3) is 0 Å². The van der Waals surface area contributed by atoms with Crippen LogP contribution in [0.2, 0.25) is 0 Å². The number of hydrogen-bond acceptors (Lipinski definition) is 5. The van der Waals surface area contributed by atoms with Crippen molar-refractivity contribution in [2.75, 3.05) is 32.8 Å². The molecule has 1 saturated heterocycles. The molecule has 2 aliphatic heterocycles. The summed E-state index contributed by atoms with van der Waals surface area (Å²) in [7, 11) is -3.68. The maximum absolute atomic E-state index is 12.2. The first kappa shape index (κ1) is 14.2. The molecule has 1 aromatic rings. The molecule has 2 heterocycles. The Morgan fingerprint density at radius 1 is 1.29 bits per heavy atom. The third-order valence-electron chi connectivity index (χ3n) is 3.67. The molecule has 0 unspecified atom stereocenters. The molecular formula is C14H15NO5S. The fourth-order valence-electron chi connectivity index (χ4n) is 2.70. The topological polar surface area (TPSA) is 83.9 Å². The van der Waals surface area contributed by atoms with E-state index in [1.807, 2.05) is 0 Å². The van der Waals surface area contributed by atoms with E-state index in [2.05, 4.69) is 4.90 Å². The number of carboxylic acid groups (broad SMARTS) is 1. The summed E-state index contributed by atoms with van der Waals surface area (Å²) in [5, 5.41) is 10.4. The summed E-state index contributed by atoms with van der Waals surface area (Å²) in [6, 6.07) is 4.57. The van der Waals surface area contributed by atoms with Crippen molar-refractivity contribution in [3.05, 3.63) is 34.7 Å². The molecule has 6 nitrogen and oxygen atoms in total. The fraction of sp³-hybridized carbons (Fsp3) is 0.357. The first-order valence-corrected chi connectivity index (χ1v) is 8.16. The third-order valence-corrected chi connectivity index (χ3v) is 5.27. The zero-order chi connectivity index (χ0) is 15.0. The molecule has 0 spiro atoms. The quantitative estimate of drug-likeness (QED) is 0.891. The molecule has 7 heteroatoms. The molecule has 0 radical (unpaired) electrons. The van der Waals surface area contributed by atoms with Crippen LogP contribution in [0.3, 0.4) is 0 Å². The number of ether oxygens (including phenoxy) is 1. The van der Waals surface area contributed by atoms with E-state index in [1.165, 1.54) is 11.5 Å². The second-order valence-electron chi connectivity index (χ2n) is 5.06. The Labute approximate surface area is 122 Å². The zero-order valence-corrected chi connectivity index (χ0v) is 12.1. The number of sulfone groups is 1. The van der Waals surface area contributed by atoms with Crippen LogP contribution >= 0.6 is 0 Å². The molecule has 0 aliphatic carbocycles. The van der Waals surface area contributed by atoms with Gasteiger partial charge in [-0.15, -0.1) is 0 Å². The first-order chi connectivity index (χ1) is 9.99. The minimum Gasteiger partial charge on any atom is -0.478 e. The van der Waals surface area contributed by atoms with Gasteiger partial charge in [-0.1, -0.05) is 12.1 Å². The monoisotopic (exact) mass is 309 g/mol. The maximum Gasteiger partial charge on any atom is 0.337 e. The van der Waals surface area contributed by atoms with E-state index in [1.54, 1.807) is 12.1 Å². The Kier molecular flexibility index (Phi) is 3.56. The van der Waals surface area contributed by atoms with Crippen LogP contribution in [0.5, 0.6) is 0 Å². The lowest BCUT2D eigenvalue weighted by molar-refractivity contribution is 0.0444. The highest BCUT2D eigenvalue weighted by Crippen LogP contribution is 2.36. The van der Waals surface area contributed by atoms with Crippen molar-refractivity contribution >= 4 is 21.4 Å². The van der Waals surface area contributed by atoms with Crippen LogP contribution < -0.4 is 0 Å². The molecule has 0 amide bonds. The van der Waals surface area contributed by atoms with Crippen LogP contribution in [-0.4, -0.2) is 57.2 Å². The molecular weight excluding hydrogens is 294 g/mol. The van der Waals surface area contributed by atoms with Gasteiger partial charge < -0.3 is 9.84 Å². The first-order valence-electron chi connectivity index (χ1n) is 6.61. The second kappa shape index (κ2) is 5.25. The van der Waals surface area contributed by atoms with Crippen molar-refractivity contribution < 1.29 is 23.1 Å². The molecule has 21 heavy (non-hydrogen) atoms. The molecule has 0 saturated carbocycles. The van der Waals surface area contributed by atoms with Gasteiger partial charge >= 0.3 is 5.97 Å². The van der Waals surface area contributed by atoms with E-state index >= 15 is 0 Å². The largest absolute Gasteiger partial charge is 0.478 e. The lowest BCUT2D eigenvalue weighted by Crippen LogP contribution is -2.37. The highest BCUT2D eigenvalue weighted by molar-refractivity contribution is 7.95. The van der Waals surface area contributed by atoms with Crippen LogP contribution in [-0.2, 0) is 14.6 Å². The number of fused-ring (bicyclic) bond motifs is 1. The lowest BCUT2D eigenvalue weighted by Gasteiger charge is -2.27. The number of nitrogens with zero attached hydrogens (tertiary/aromatic N) is 1. The van der Waals surface area contributed by atoms with Crippen LogP contribution in [0.15, 0.2) is 28.5 Å². The van der Waals surface area contributed by atoms with Gasteiger partial charge in [0.05, 0.1) is 23.7 Å². The average molecular weight is 309 g/mol. The standard InChI is InChI=1S/C14H15NO5S/c16-14(17)12-3-1-2-11-10(9-21(18,19)13(11)12)8-15-4-6-20-7-5-15/h1-3,9H,4-8H2,(H,16,17). The van der Waals surface area contributed by atoms with E-state index < -0.39 is 15.8 Å². The van der Waals surface area contributed by atoms with Crippen molar-refractivity contribution in [1.82, 2.24) is 4.90 Å². The molecule has 0 aromatic heterocycles. The van der Waals surface area contributed by atoms with Crippen molar-refractivity contribution in [3.63, 3.8) is 0 Å². The predicted molar refractivity (Wildman–Crippen MR) is 75.8 cm³/mol. The van der Waals surface area contributed by atoms with Crippen molar-refractivity contribution in [2.24, 2.45) is 0 Å². The molecule has 3 rings (SSSR count). The summed E-state index contributed by atoms with van der Waals surface area (Å²) in [6.45, 7) is 3.22. The smallest absolute Gasteiger partial charge is 0.337 e. The van der Waals surface area contributed by atoms with Gasteiger partial charge in [0.15, 0.2) is 0 Å². The Morgan fingerprint density at radius 3 is 2.67 bits per heavy atom. The number of rotatable bonds is 3. The number of aromatic carboxylic acids is 1. The molecule has 1 fully saturated rings. The second-order valence-corrected chi connectivity index (χ2v) is 6.80. The summed E-state index contributed by atoms with van der Waals surface area (Å²) in [6.07, 6.45) is 0. The number of benzene rings is 1. The van der Waals surface area contributed by atoms with Crippen LogP contribution in [0, 0.1) is 0 Å². The molecule has 0 atom stereocenters. The van der Waals surface area contributed by atoms with Crippen molar-refractivity contribution in [1.29, 1.82) is 0 Å². The zero-order valence-electron chi connectivity index (χ0n) is 11.3. The summed E-state index contributed by atoms with van der Waals surface area (Å²) >= 11 is 0. The fourth-order valence-corrected chi connectivity index (χ4v) is 4.36.